The summed E-state index contributed by atoms with van der Waals surface area (Å²) in [4.78, 5) is 36.2. The number of aliphatic carboxylic acids is 1. The van der Waals surface area contributed by atoms with Crippen molar-refractivity contribution in [1.29, 1.82) is 0 Å². The van der Waals surface area contributed by atoms with E-state index >= 15 is 0 Å². The Kier molecular flexibility index (Phi) is 8.73. The summed E-state index contributed by atoms with van der Waals surface area (Å²) >= 11 is 0. The number of amides is 2. The summed E-state index contributed by atoms with van der Waals surface area (Å²) in [6, 6.07) is 20.9. The van der Waals surface area contributed by atoms with Crippen molar-refractivity contribution in [3.8, 4) is 0 Å². The summed E-state index contributed by atoms with van der Waals surface area (Å²) in [6.07, 6.45) is 3.50. The third kappa shape index (κ3) is 7.74. The molecule has 2 aromatic carbocycles. The van der Waals surface area contributed by atoms with Crippen molar-refractivity contribution >= 4 is 18.0 Å². The molecule has 0 saturated heterocycles. The van der Waals surface area contributed by atoms with Crippen LogP contribution in [-0.2, 0) is 29.1 Å². The summed E-state index contributed by atoms with van der Waals surface area (Å²) < 4.78 is 6.83. The van der Waals surface area contributed by atoms with Crippen LogP contribution in [0.5, 0.6) is 0 Å². The second-order valence-corrected chi connectivity index (χ2v) is 7.95. The minimum absolute atomic E-state index is 0.0302. The number of aromatic nitrogens is 1. The second kappa shape index (κ2) is 12.2. The van der Waals surface area contributed by atoms with Crippen LogP contribution < -0.4 is 15.2 Å². The maximum absolute atomic E-state index is 12.5. The molecular formula is C26H28N3O5+. The van der Waals surface area contributed by atoms with E-state index in [-0.39, 0.29) is 19.2 Å². The summed E-state index contributed by atoms with van der Waals surface area (Å²) in [5.74, 6) is -1.60. The first kappa shape index (κ1) is 24.4. The molecule has 0 aliphatic heterocycles. The summed E-state index contributed by atoms with van der Waals surface area (Å²) in [7, 11) is 0. The van der Waals surface area contributed by atoms with E-state index in [1.54, 1.807) is 17.0 Å². The van der Waals surface area contributed by atoms with Crippen LogP contribution in [0.1, 0.15) is 28.4 Å². The van der Waals surface area contributed by atoms with Crippen LogP contribution >= 0.6 is 0 Å². The maximum Gasteiger partial charge on any atom is 0.412 e. The van der Waals surface area contributed by atoms with Crippen LogP contribution in [0, 0.1) is 0 Å². The molecule has 34 heavy (non-hydrogen) atoms. The minimum atomic E-state index is -1.11. The minimum Gasteiger partial charge on any atom is -0.480 e. The van der Waals surface area contributed by atoms with Gasteiger partial charge in [0, 0.05) is 24.6 Å². The van der Waals surface area contributed by atoms with Gasteiger partial charge >= 0.3 is 12.1 Å². The molecule has 0 saturated carbocycles. The highest BCUT2D eigenvalue weighted by molar-refractivity contribution is 5.96. The average Bonchev–Trinajstić information content (AvgIpc) is 2.83. The van der Waals surface area contributed by atoms with Gasteiger partial charge in [0.2, 0.25) is 0 Å². The number of hydrogen-bond donors (Lipinski definition) is 3. The Balaban J connectivity index is 1.47. The molecule has 1 unspecified atom stereocenters. The normalized spacial score (nSPS) is 12.3. The zero-order valence-electron chi connectivity index (χ0n) is 18.9. The molecule has 0 fully saturated rings. The van der Waals surface area contributed by atoms with Gasteiger partial charge in [0.1, 0.15) is 6.04 Å². The molecule has 0 radical (unpaired) electrons. The first-order valence-electron chi connectivity index (χ1n) is 10.9. The van der Waals surface area contributed by atoms with E-state index in [0.717, 1.165) is 11.1 Å². The van der Waals surface area contributed by atoms with Crippen LogP contribution in [0.2, 0.25) is 0 Å². The lowest BCUT2D eigenvalue weighted by Crippen LogP contribution is -2.43. The summed E-state index contributed by atoms with van der Waals surface area (Å²) in [6.45, 7) is 1.87. The number of hydrogen-bond acceptors (Lipinski definition) is 4. The lowest BCUT2D eigenvalue weighted by atomic mass is 10.1. The van der Waals surface area contributed by atoms with Crippen molar-refractivity contribution in [2.24, 2.45) is 0 Å². The van der Waals surface area contributed by atoms with E-state index in [1.165, 1.54) is 12.1 Å². The Morgan fingerprint density at radius 1 is 0.853 bits per heavy atom. The fourth-order valence-electron chi connectivity index (χ4n) is 3.38. The molecule has 2 amide bonds. The highest BCUT2D eigenvalue weighted by Crippen LogP contribution is 2.06. The van der Waals surface area contributed by atoms with Crippen LogP contribution in [-0.4, -0.2) is 35.2 Å². The molecule has 1 heterocycles. The fraction of sp³-hybridized carbons (Fsp3) is 0.231. The Labute approximate surface area is 198 Å². The van der Waals surface area contributed by atoms with Gasteiger partial charge in [-0.05, 0) is 24.5 Å². The van der Waals surface area contributed by atoms with Gasteiger partial charge in [0.25, 0.3) is 12.6 Å². The van der Waals surface area contributed by atoms with Gasteiger partial charge in [0.05, 0.1) is 5.56 Å². The number of carboxylic acid groups (broad SMARTS) is 1. The number of carbonyl (C=O) groups is 3. The molecule has 8 heteroatoms. The summed E-state index contributed by atoms with van der Waals surface area (Å²) in [5, 5.41) is 14.8. The third-order valence-corrected chi connectivity index (χ3v) is 5.13. The highest BCUT2D eigenvalue weighted by atomic mass is 16.6. The Morgan fingerprint density at radius 3 is 1.97 bits per heavy atom. The monoisotopic (exact) mass is 462 g/mol. The SMILES string of the molecule is CC(Cc1ccccc1)NC(=O)OC[n+]1ccc(C(=O)N[C@@H](Cc2ccccc2)C(=O)O)cc1. The van der Waals surface area contributed by atoms with Crippen LogP contribution in [0.3, 0.4) is 0 Å². The van der Waals surface area contributed by atoms with E-state index < -0.39 is 24.0 Å². The quantitative estimate of drug-likeness (QED) is 0.402. The molecule has 8 nitrogen and oxygen atoms in total. The third-order valence-electron chi connectivity index (χ3n) is 5.13. The first-order valence-corrected chi connectivity index (χ1v) is 10.9. The number of alkyl carbamates (subject to hydrolysis) is 1. The number of rotatable bonds is 10. The standard InChI is InChI=1S/C26H27N3O5/c1-19(16-20-8-4-2-5-9-20)27-26(33)34-18-29-14-12-22(13-15-29)24(30)28-23(25(31)32)17-21-10-6-3-7-11-21/h2-15,19,23H,16-18H2,1H3,(H2-,27,28,30,31,32,33)/p+1/t19?,23-/m0/s1. The van der Waals surface area contributed by atoms with E-state index in [4.69, 9.17) is 4.74 Å². The molecule has 3 rings (SSSR count). The predicted octanol–water partition coefficient (Wildman–Crippen LogP) is 2.71. The molecule has 0 aliphatic carbocycles. The number of benzene rings is 2. The van der Waals surface area contributed by atoms with Gasteiger partial charge in [-0.1, -0.05) is 60.7 Å². The number of carboxylic acids is 1. The number of pyridine rings is 1. The van der Waals surface area contributed by atoms with E-state index in [0.29, 0.717) is 12.0 Å². The van der Waals surface area contributed by atoms with E-state index in [1.807, 2.05) is 67.6 Å². The van der Waals surface area contributed by atoms with Gasteiger partial charge in [-0.3, -0.25) is 4.79 Å². The first-order chi connectivity index (χ1) is 16.4. The average molecular weight is 463 g/mol. The predicted molar refractivity (Wildman–Crippen MR) is 125 cm³/mol. The largest absolute Gasteiger partial charge is 0.480 e. The molecule has 3 aromatic rings. The van der Waals surface area contributed by atoms with Crippen molar-refractivity contribution in [3.63, 3.8) is 0 Å². The van der Waals surface area contributed by atoms with Crippen LogP contribution in [0.25, 0.3) is 0 Å². The Hall–Kier alpha value is -4.20. The lowest BCUT2D eigenvalue weighted by Gasteiger charge is -2.14. The van der Waals surface area contributed by atoms with Crippen molar-refractivity contribution < 1.29 is 28.8 Å². The lowest BCUT2D eigenvalue weighted by molar-refractivity contribution is -0.727. The van der Waals surface area contributed by atoms with Gasteiger partial charge in [-0.15, -0.1) is 0 Å². The molecule has 3 N–H and O–H groups in total. The maximum atomic E-state index is 12.5. The fourth-order valence-corrected chi connectivity index (χ4v) is 3.38. The Morgan fingerprint density at radius 2 is 1.41 bits per heavy atom. The zero-order valence-corrected chi connectivity index (χ0v) is 18.9. The molecule has 2 atom stereocenters. The molecule has 1 aromatic heterocycles. The zero-order chi connectivity index (χ0) is 24.3. The molecule has 0 bridgehead atoms. The molecule has 0 spiro atoms. The van der Waals surface area contributed by atoms with E-state index in [9.17, 15) is 19.5 Å². The molecule has 0 aliphatic rings. The van der Waals surface area contributed by atoms with Crippen molar-refractivity contribution in [2.75, 3.05) is 0 Å². The topological polar surface area (TPSA) is 109 Å². The number of carbonyl (C=O) groups excluding carboxylic acids is 2. The van der Waals surface area contributed by atoms with Crippen molar-refractivity contribution in [1.82, 2.24) is 10.6 Å². The number of nitrogens with zero attached hydrogens (tertiary/aromatic N) is 1. The second-order valence-electron chi connectivity index (χ2n) is 7.95. The molecular weight excluding hydrogens is 434 g/mol. The van der Waals surface area contributed by atoms with Crippen LogP contribution in [0.15, 0.2) is 85.2 Å². The number of ether oxygens (including phenoxy) is 1. The van der Waals surface area contributed by atoms with Crippen molar-refractivity contribution in [2.45, 2.75) is 38.6 Å². The van der Waals surface area contributed by atoms with Gasteiger partial charge in [0.15, 0.2) is 12.4 Å². The van der Waals surface area contributed by atoms with Gasteiger partial charge in [-0.25, -0.2) is 9.59 Å². The molecule has 176 valence electrons. The summed E-state index contributed by atoms with van der Waals surface area (Å²) in [5.41, 5.74) is 2.23. The Bertz CT molecular complexity index is 1090. The number of nitrogens with one attached hydrogen (secondary N) is 2. The highest BCUT2D eigenvalue weighted by Gasteiger charge is 2.21. The van der Waals surface area contributed by atoms with Crippen LogP contribution in [0.4, 0.5) is 4.79 Å². The smallest absolute Gasteiger partial charge is 0.412 e. The van der Waals surface area contributed by atoms with Crippen molar-refractivity contribution in [3.05, 3.63) is 102 Å². The van der Waals surface area contributed by atoms with Gasteiger partial charge < -0.3 is 20.5 Å². The van der Waals surface area contributed by atoms with Gasteiger partial charge in [-0.2, -0.15) is 4.57 Å². The van der Waals surface area contributed by atoms with E-state index in [2.05, 4.69) is 10.6 Å².